The molecule has 0 bridgehead atoms. The minimum Gasteiger partial charge on any atom is -0.481 e. The van der Waals surface area contributed by atoms with Crippen molar-refractivity contribution in [3.05, 3.63) is 29.8 Å². The van der Waals surface area contributed by atoms with Crippen LogP contribution in [-0.2, 0) is 10.2 Å². The maximum Gasteiger partial charge on any atom is 0.325 e. The molecule has 0 radical (unpaired) electrons. The highest BCUT2D eigenvalue weighted by Gasteiger charge is 2.29. The maximum atomic E-state index is 11.7. The Hall–Kier alpha value is -2.55. The lowest BCUT2D eigenvalue weighted by Gasteiger charge is -2.19. The lowest BCUT2D eigenvalue weighted by atomic mass is 9.85. The van der Waals surface area contributed by atoms with Gasteiger partial charge in [-0.2, -0.15) is 0 Å². The van der Waals surface area contributed by atoms with E-state index in [9.17, 15) is 9.59 Å². The zero-order valence-corrected chi connectivity index (χ0v) is 12.1. The van der Waals surface area contributed by atoms with Crippen LogP contribution in [0.5, 0.6) is 0 Å². The van der Waals surface area contributed by atoms with Crippen LogP contribution in [0, 0.1) is 0 Å². The van der Waals surface area contributed by atoms with E-state index in [1.807, 2.05) is 0 Å². The fourth-order valence-corrected chi connectivity index (χ4v) is 1.90. The number of rotatable bonds is 4. The molecule has 3 N–H and O–H groups in total. The van der Waals surface area contributed by atoms with Crippen molar-refractivity contribution < 1.29 is 14.7 Å². The maximum absolute atomic E-state index is 11.7. The molecule has 0 spiro atoms. The average Bonchev–Trinajstić information content (AvgIpc) is 2.91. The fraction of sp³-hybridized carbons (Fsp3) is 0.250. The van der Waals surface area contributed by atoms with Gasteiger partial charge >= 0.3 is 12.0 Å². The van der Waals surface area contributed by atoms with Gasteiger partial charge in [0.15, 0.2) is 0 Å². The molecule has 0 aliphatic rings. The van der Waals surface area contributed by atoms with Crippen molar-refractivity contribution in [2.75, 3.05) is 10.6 Å². The van der Waals surface area contributed by atoms with E-state index >= 15 is 0 Å². The zero-order chi connectivity index (χ0) is 15.5. The number of aliphatic carboxylic acids is 1. The topological polar surface area (TPSA) is 117 Å². The number of aromatic nitrogens is 3. The van der Waals surface area contributed by atoms with E-state index in [2.05, 4.69) is 25.4 Å². The van der Waals surface area contributed by atoms with Crippen LogP contribution < -0.4 is 10.6 Å². The lowest BCUT2D eigenvalue weighted by Crippen LogP contribution is -2.28. The van der Waals surface area contributed by atoms with Crippen molar-refractivity contribution in [1.82, 2.24) is 14.8 Å². The Labute approximate surface area is 124 Å². The quantitative estimate of drug-likeness (QED) is 0.794. The number of carbonyl (C=O) groups is 2. The number of hydrogen-bond donors (Lipinski definition) is 3. The predicted molar refractivity (Wildman–Crippen MR) is 77.4 cm³/mol. The molecule has 1 heterocycles. The van der Waals surface area contributed by atoms with Crippen LogP contribution >= 0.6 is 11.5 Å². The summed E-state index contributed by atoms with van der Waals surface area (Å²) in [6.07, 6.45) is 0. The number of carbonyl (C=O) groups excluding carboxylic acids is 1. The van der Waals surface area contributed by atoms with Gasteiger partial charge in [-0.3, -0.25) is 10.1 Å². The Morgan fingerprint density at radius 3 is 2.38 bits per heavy atom. The monoisotopic (exact) mass is 307 g/mol. The number of urea groups is 1. The molecule has 1 aromatic heterocycles. The van der Waals surface area contributed by atoms with Crippen LogP contribution in [0.2, 0.25) is 0 Å². The Kier molecular flexibility index (Phi) is 4.13. The summed E-state index contributed by atoms with van der Waals surface area (Å²) in [6, 6.07) is 6.13. The van der Waals surface area contributed by atoms with Crippen LogP contribution in [-0.4, -0.2) is 31.9 Å². The van der Waals surface area contributed by atoms with Gasteiger partial charge in [-0.15, -0.1) is 0 Å². The minimum atomic E-state index is -0.987. The third-order valence-corrected chi connectivity index (χ3v) is 3.43. The molecule has 0 saturated heterocycles. The van der Waals surface area contributed by atoms with E-state index < -0.39 is 17.4 Å². The first-order valence-corrected chi connectivity index (χ1v) is 6.74. The molecular formula is C12H13N5O3S. The molecule has 0 fully saturated rings. The molecule has 2 rings (SSSR count). The van der Waals surface area contributed by atoms with Gasteiger partial charge in [-0.05, 0) is 36.8 Å². The third kappa shape index (κ3) is 3.51. The van der Waals surface area contributed by atoms with Gasteiger partial charge in [-0.1, -0.05) is 21.7 Å². The van der Waals surface area contributed by atoms with E-state index in [0.717, 1.165) is 11.5 Å². The summed E-state index contributed by atoms with van der Waals surface area (Å²) in [5, 5.41) is 21.5. The molecule has 2 amide bonds. The third-order valence-electron chi connectivity index (χ3n) is 2.92. The Balaban J connectivity index is 2.02. The summed E-state index contributed by atoms with van der Waals surface area (Å²) in [4.78, 5) is 22.8. The molecule has 8 nitrogen and oxygen atoms in total. The molecule has 0 atom stereocenters. The van der Waals surface area contributed by atoms with E-state index in [4.69, 9.17) is 5.11 Å². The Morgan fingerprint density at radius 1 is 1.19 bits per heavy atom. The second kappa shape index (κ2) is 5.83. The van der Waals surface area contributed by atoms with Crippen molar-refractivity contribution in [1.29, 1.82) is 0 Å². The van der Waals surface area contributed by atoms with Crippen LogP contribution in [0.25, 0.3) is 0 Å². The molecule has 110 valence electrons. The lowest BCUT2D eigenvalue weighted by molar-refractivity contribution is -0.142. The van der Waals surface area contributed by atoms with Crippen molar-refractivity contribution in [3.63, 3.8) is 0 Å². The molecule has 2 aromatic rings. The van der Waals surface area contributed by atoms with Gasteiger partial charge in [0.25, 0.3) is 0 Å². The van der Waals surface area contributed by atoms with Crippen LogP contribution in [0.4, 0.5) is 15.6 Å². The van der Waals surface area contributed by atoms with Crippen LogP contribution in [0.1, 0.15) is 19.4 Å². The van der Waals surface area contributed by atoms with Crippen molar-refractivity contribution in [2.24, 2.45) is 0 Å². The standard InChI is InChI=1S/C12H13N5O3S/c1-12(2,9(18)19)7-3-5-8(6-4-7)13-10(20)14-11-15-16-17-21-11/h3-6H,1-2H3,(H,18,19)(H2,13,14,15,17,20). The Bertz CT molecular complexity index is 639. The fourth-order valence-electron chi connectivity index (χ4n) is 1.54. The number of carboxylic acids is 1. The van der Waals surface area contributed by atoms with Gasteiger partial charge < -0.3 is 10.4 Å². The predicted octanol–water partition coefficient (Wildman–Crippen LogP) is 1.94. The summed E-state index contributed by atoms with van der Waals surface area (Å²) in [6.45, 7) is 3.24. The molecule has 21 heavy (non-hydrogen) atoms. The summed E-state index contributed by atoms with van der Waals surface area (Å²) in [7, 11) is 0. The van der Waals surface area contributed by atoms with Crippen molar-refractivity contribution in [2.45, 2.75) is 19.3 Å². The number of nitrogens with zero attached hydrogens (tertiary/aromatic N) is 3. The van der Waals surface area contributed by atoms with E-state index in [1.54, 1.807) is 38.1 Å². The zero-order valence-electron chi connectivity index (χ0n) is 11.3. The summed E-state index contributed by atoms with van der Waals surface area (Å²) >= 11 is 0.961. The number of carboxylic acid groups (broad SMARTS) is 1. The van der Waals surface area contributed by atoms with E-state index in [-0.39, 0.29) is 5.13 Å². The number of benzene rings is 1. The number of anilines is 2. The van der Waals surface area contributed by atoms with Gasteiger partial charge in [0, 0.05) is 17.2 Å². The summed E-state index contributed by atoms with van der Waals surface area (Å²) in [5.41, 5.74) is 0.197. The molecular weight excluding hydrogens is 294 g/mol. The smallest absolute Gasteiger partial charge is 0.325 e. The number of nitrogens with one attached hydrogen (secondary N) is 2. The molecule has 0 unspecified atom stereocenters. The largest absolute Gasteiger partial charge is 0.481 e. The SMILES string of the molecule is CC(C)(C(=O)O)c1ccc(NC(=O)Nc2nnns2)cc1. The highest BCUT2D eigenvalue weighted by atomic mass is 32.1. The number of amides is 2. The minimum absolute atomic E-state index is 0.288. The summed E-state index contributed by atoms with van der Waals surface area (Å²) in [5.74, 6) is -0.912. The highest BCUT2D eigenvalue weighted by Crippen LogP contribution is 2.24. The molecule has 0 aliphatic heterocycles. The molecule has 9 heteroatoms. The average molecular weight is 307 g/mol. The van der Waals surface area contributed by atoms with Crippen LogP contribution in [0.3, 0.4) is 0 Å². The first-order chi connectivity index (χ1) is 9.89. The number of hydrogen-bond acceptors (Lipinski definition) is 6. The second-order valence-electron chi connectivity index (χ2n) is 4.75. The first kappa shape index (κ1) is 14.9. The molecule has 1 aromatic carbocycles. The van der Waals surface area contributed by atoms with Gasteiger partial charge in [0.05, 0.1) is 5.41 Å². The molecule has 0 aliphatic carbocycles. The summed E-state index contributed by atoms with van der Waals surface area (Å²) < 4.78 is 3.52. The molecule has 0 saturated carbocycles. The first-order valence-electron chi connectivity index (χ1n) is 5.96. The highest BCUT2D eigenvalue weighted by molar-refractivity contribution is 7.09. The van der Waals surface area contributed by atoms with E-state index in [0.29, 0.717) is 11.3 Å². The van der Waals surface area contributed by atoms with E-state index in [1.165, 1.54) is 0 Å². The van der Waals surface area contributed by atoms with Crippen LogP contribution in [0.15, 0.2) is 24.3 Å². The van der Waals surface area contributed by atoms with Crippen molar-refractivity contribution >= 4 is 34.4 Å². The second-order valence-corrected chi connectivity index (χ2v) is 5.49. The van der Waals surface area contributed by atoms with Gasteiger partial charge in [0.1, 0.15) is 0 Å². The normalized spacial score (nSPS) is 11.0. The van der Waals surface area contributed by atoms with Gasteiger partial charge in [-0.25, -0.2) is 4.79 Å². The Morgan fingerprint density at radius 2 is 1.86 bits per heavy atom. The van der Waals surface area contributed by atoms with Crippen molar-refractivity contribution in [3.8, 4) is 0 Å². The van der Waals surface area contributed by atoms with Gasteiger partial charge in [0.2, 0.25) is 5.13 Å².